The average molecular weight is 477 g/mol. The van der Waals surface area contributed by atoms with Gasteiger partial charge >= 0.3 is 0 Å². The predicted octanol–water partition coefficient (Wildman–Crippen LogP) is 7.81. The summed E-state index contributed by atoms with van der Waals surface area (Å²) in [7, 11) is 0. The van der Waals surface area contributed by atoms with Gasteiger partial charge in [-0.1, -0.05) is 49.8 Å². The first-order chi connectivity index (χ1) is 16.4. The van der Waals surface area contributed by atoms with E-state index in [0.717, 1.165) is 19.3 Å². The molecule has 2 saturated heterocycles. The highest BCUT2D eigenvalue weighted by molar-refractivity contribution is 5.66. The molecule has 2 aromatic rings. The minimum Gasteiger partial charge on any atom is -0.378 e. The normalized spacial score (nSPS) is 25.7. The van der Waals surface area contributed by atoms with Crippen molar-refractivity contribution in [3.05, 3.63) is 70.8 Å². The molecule has 2 aliphatic rings. The second-order valence-corrected chi connectivity index (χ2v) is 9.35. The van der Waals surface area contributed by atoms with Gasteiger partial charge < -0.3 is 9.47 Å². The van der Waals surface area contributed by atoms with Crippen LogP contribution in [-0.2, 0) is 9.47 Å². The van der Waals surface area contributed by atoms with Crippen molar-refractivity contribution in [3.8, 4) is 11.1 Å². The first kappa shape index (κ1) is 24.9. The molecule has 2 fully saturated rings. The van der Waals surface area contributed by atoms with Crippen molar-refractivity contribution in [2.75, 3.05) is 13.2 Å². The largest absolute Gasteiger partial charge is 0.378 e. The summed E-state index contributed by atoms with van der Waals surface area (Å²) in [5.41, 5.74) is -0.129. The van der Waals surface area contributed by atoms with E-state index in [1.165, 1.54) is 24.3 Å². The molecule has 0 N–H and O–H groups in total. The predicted molar refractivity (Wildman–Crippen MR) is 125 cm³/mol. The number of rotatable bonds is 6. The molecule has 4 unspecified atom stereocenters. The number of benzene rings is 2. The van der Waals surface area contributed by atoms with Crippen LogP contribution in [0.3, 0.4) is 0 Å². The SMILES string of the molecule is C/C=C/C1CCC(c2ccc(-c3ccc(C4CCC(CCC)OC4)c(F)c3F)c(F)c2F)CO1. The average Bonchev–Trinajstić information content (AvgIpc) is 2.85. The Morgan fingerprint density at radius 2 is 1.32 bits per heavy atom. The Balaban J connectivity index is 1.54. The zero-order valence-corrected chi connectivity index (χ0v) is 19.8. The fourth-order valence-electron chi connectivity index (χ4n) is 5.16. The van der Waals surface area contributed by atoms with E-state index in [4.69, 9.17) is 9.47 Å². The summed E-state index contributed by atoms with van der Waals surface area (Å²) in [4.78, 5) is 0. The van der Waals surface area contributed by atoms with E-state index >= 15 is 17.6 Å². The lowest BCUT2D eigenvalue weighted by Gasteiger charge is -2.29. The zero-order chi connectivity index (χ0) is 24.2. The second kappa shape index (κ2) is 11.0. The molecule has 184 valence electrons. The molecular formula is C28H32F4O2. The Bertz CT molecular complexity index is 1020. The van der Waals surface area contributed by atoms with Crippen LogP contribution in [-0.4, -0.2) is 25.4 Å². The van der Waals surface area contributed by atoms with Crippen LogP contribution < -0.4 is 0 Å². The molecule has 0 spiro atoms. The van der Waals surface area contributed by atoms with E-state index in [1.54, 1.807) is 0 Å². The van der Waals surface area contributed by atoms with Crippen molar-refractivity contribution in [2.24, 2.45) is 0 Å². The maximum Gasteiger partial charge on any atom is 0.167 e. The van der Waals surface area contributed by atoms with E-state index in [-0.39, 0.29) is 52.9 Å². The molecule has 6 heteroatoms. The molecule has 2 heterocycles. The fraction of sp³-hybridized carbons (Fsp3) is 0.500. The maximum absolute atomic E-state index is 15.1. The van der Waals surface area contributed by atoms with Gasteiger partial charge in [0.2, 0.25) is 0 Å². The van der Waals surface area contributed by atoms with Crippen LogP contribution in [0.4, 0.5) is 17.6 Å². The van der Waals surface area contributed by atoms with Crippen molar-refractivity contribution in [1.82, 2.24) is 0 Å². The monoisotopic (exact) mass is 476 g/mol. The molecule has 0 bridgehead atoms. The molecular weight excluding hydrogens is 444 g/mol. The zero-order valence-electron chi connectivity index (χ0n) is 19.8. The fourth-order valence-corrected chi connectivity index (χ4v) is 5.16. The molecule has 0 aromatic heterocycles. The summed E-state index contributed by atoms with van der Waals surface area (Å²) in [5.74, 6) is -4.89. The van der Waals surface area contributed by atoms with Gasteiger partial charge in [0.25, 0.3) is 0 Å². The molecule has 2 nitrogen and oxygen atoms in total. The number of ether oxygens (including phenoxy) is 2. The summed E-state index contributed by atoms with van der Waals surface area (Å²) in [5, 5.41) is 0. The minimum absolute atomic E-state index is 0.0175. The van der Waals surface area contributed by atoms with Gasteiger partial charge in [-0.2, -0.15) is 0 Å². The molecule has 4 rings (SSSR count). The Morgan fingerprint density at radius 1 is 0.765 bits per heavy atom. The Hall–Kier alpha value is -2.18. The van der Waals surface area contributed by atoms with E-state index in [0.29, 0.717) is 25.9 Å². The Kier molecular flexibility index (Phi) is 8.10. The molecule has 2 aliphatic heterocycles. The van der Waals surface area contributed by atoms with E-state index < -0.39 is 23.3 Å². The summed E-state index contributed by atoms with van der Waals surface area (Å²) < 4.78 is 71.6. The third-order valence-corrected chi connectivity index (χ3v) is 7.09. The maximum atomic E-state index is 15.1. The van der Waals surface area contributed by atoms with Crippen molar-refractivity contribution in [2.45, 2.75) is 76.4 Å². The molecule has 0 radical (unpaired) electrons. The first-order valence-electron chi connectivity index (χ1n) is 12.3. The van der Waals surface area contributed by atoms with Gasteiger partial charge in [0, 0.05) is 23.0 Å². The highest BCUT2D eigenvalue weighted by Gasteiger charge is 2.29. The number of allylic oxidation sites excluding steroid dienone is 1. The second-order valence-electron chi connectivity index (χ2n) is 9.35. The molecule has 0 saturated carbocycles. The number of hydrogen-bond donors (Lipinski definition) is 0. The summed E-state index contributed by atoms with van der Waals surface area (Å²) >= 11 is 0. The van der Waals surface area contributed by atoms with Crippen LogP contribution in [0.25, 0.3) is 11.1 Å². The van der Waals surface area contributed by atoms with Gasteiger partial charge in [0.15, 0.2) is 23.3 Å². The van der Waals surface area contributed by atoms with Gasteiger partial charge in [0.1, 0.15) is 0 Å². The van der Waals surface area contributed by atoms with Crippen LogP contribution in [0.1, 0.15) is 75.3 Å². The third-order valence-electron chi connectivity index (χ3n) is 7.09. The lowest BCUT2D eigenvalue weighted by molar-refractivity contribution is -0.00181. The number of hydrogen-bond acceptors (Lipinski definition) is 2. The van der Waals surface area contributed by atoms with Crippen LogP contribution in [0.5, 0.6) is 0 Å². The van der Waals surface area contributed by atoms with Gasteiger partial charge in [-0.15, -0.1) is 0 Å². The summed E-state index contributed by atoms with van der Waals surface area (Å²) in [6, 6.07) is 5.62. The van der Waals surface area contributed by atoms with Gasteiger partial charge in [0.05, 0.1) is 25.4 Å². The molecule has 0 aliphatic carbocycles. The highest BCUT2D eigenvalue weighted by Crippen LogP contribution is 2.38. The molecule has 2 aromatic carbocycles. The van der Waals surface area contributed by atoms with Crippen molar-refractivity contribution >= 4 is 0 Å². The van der Waals surface area contributed by atoms with Gasteiger partial charge in [-0.3, -0.25) is 0 Å². The van der Waals surface area contributed by atoms with Crippen LogP contribution in [0, 0.1) is 23.3 Å². The van der Waals surface area contributed by atoms with E-state index in [2.05, 4.69) is 6.92 Å². The lowest BCUT2D eigenvalue weighted by Crippen LogP contribution is -2.25. The van der Waals surface area contributed by atoms with Crippen molar-refractivity contribution in [3.63, 3.8) is 0 Å². The number of halogens is 4. The molecule has 34 heavy (non-hydrogen) atoms. The summed E-state index contributed by atoms with van der Waals surface area (Å²) in [6.45, 7) is 4.60. The topological polar surface area (TPSA) is 18.5 Å². The Morgan fingerprint density at radius 3 is 1.76 bits per heavy atom. The van der Waals surface area contributed by atoms with Crippen LogP contribution in [0.15, 0.2) is 36.4 Å². The standard InChI is InChI=1S/C28H32F4O2/c1-3-5-19-9-7-17(15-33-19)21-11-13-23(27(31)25(21)29)24-14-12-22(26(30)28(24)32)18-8-10-20(6-4-2)34-16-18/h3,5,11-14,17-20H,4,6-10,15-16H2,1-2H3/b5-3+. The van der Waals surface area contributed by atoms with Crippen LogP contribution >= 0.6 is 0 Å². The van der Waals surface area contributed by atoms with Crippen molar-refractivity contribution in [1.29, 1.82) is 0 Å². The highest BCUT2D eigenvalue weighted by atomic mass is 19.2. The molecule has 0 amide bonds. The van der Waals surface area contributed by atoms with E-state index in [9.17, 15) is 0 Å². The quantitative estimate of drug-likeness (QED) is 0.313. The first-order valence-corrected chi connectivity index (χ1v) is 12.3. The minimum atomic E-state index is -1.16. The van der Waals surface area contributed by atoms with Crippen molar-refractivity contribution < 1.29 is 27.0 Å². The van der Waals surface area contributed by atoms with Gasteiger partial charge in [-0.05, 0) is 50.2 Å². The lowest BCUT2D eigenvalue weighted by atomic mass is 9.87. The van der Waals surface area contributed by atoms with Gasteiger partial charge in [-0.25, -0.2) is 17.6 Å². The van der Waals surface area contributed by atoms with Crippen LogP contribution in [0.2, 0.25) is 0 Å². The summed E-state index contributed by atoms with van der Waals surface area (Å²) in [6.07, 6.45) is 8.83. The molecule has 4 atom stereocenters. The smallest absolute Gasteiger partial charge is 0.167 e. The Labute approximate surface area is 199 Å². The van der Waals surface area contributed by atoms with E-state index in [1.807, 2.05) is 19.1 Å². The third kappa shape index (κ3) is 5.08.